The van der Waals surface area contributed by atoms with Crippen LogP contribution in [0.3, 0.4) is 0 Å². The molecule has 62 heavy (non-hydrogen) atoms. The Morgan fingerprint density at radius 3 is 1.16 bits per heavy atom. The SMILES string of the molecule is Cc1cc(C(=C2C=CC(S(=O)(=O)[O-])=C[C+]2S(=O)(=O)[O-])c2ccc(Cc3c(C(C)C)cc(C(C)C)cc3C(C)C)c(C)c2)ccc1Cc1c(C(C)C)cc(C(C)C)cc1C(C)C.[Na+]. The smallest absolute Gasteiger partial charge is 0.736 e. The molecule has 0 amide bonds. The van der Waals surface area contributed by atoms with Gasteiger partial charge in [-0.2, -0.15) is 0 Å². The van der Waals surface area contributed by atoms with Crippen molar-refractivity contribution in [1.82, 2.24) is 0 Å². The third-order valence-corrected chi connectivity index (χ3v) is 14.0. The third-order valence-electron chi connectivity index (χ3n) is 12.3. The first kappa shape index (κ1) is 51.4. The van der Waals surface area contributed by atoms with Crippen LogP contribution in [0.2, 0.25) is 0 Å². The Hall–Kier alpha value is -3.21. The van der Waals surface area contributed by atoms with Crippen molar-refractivity contribution in [3.05, 3.63) is 173 Å². The minimum Gasteiger partial charge on any atom is -0.736 e. The number of allylic oxidation sites excluding steroid dienone is 2. The van der Waals surface area contributed by atoms with Crippen molar-refractivity contribution in [3.8, 4) is 0 Å². The molecule has 9 heteroatoms. The van der Waals surface area contributed by atoms with Crippen molar-refractivity contribution >= 4 is 25.8 Å². The molecule has 0 atom stereocenters. The van der Waals surface area contributed by atoms with Crippen LogP contribution in [0.1, 0.15) is 196 Å². The minimum absolute atomic E-state index is 0. The first-order valence-electron chi connectivity index (χ1n) is 21.8. The van der Waals surface area contributed by atoms with E-state index in [1.165, 1.54) is 50.6 Å². The molecule has 326 valence electrons. The van der Waals surface area contributed by atoms with Gasteiger partial charge in [-0.25, -0.2) is 16.8 Å². The second-order valence-electron chi connectivity index (χ2n) is 18.9. The maximum atomic E-state index is 13.0. The Bertz CT molecular complexity index is 2440. The van der Waals surface area contributed by atoms with Gasteiger partial charge in [0.15, 0.2) is 25.5 Å². The van der Waals surface area contributed by atoms with Crippen LogP contribution in [0, 0.1) is 19.1 Å². The summed E-state index contributed by atoms with van der Waals surface area (Å²) in [5.74, 6) is 2.07. The molecule has 6 nitrogen and oxygen atoms in total. The zero-order valence-corrected chi connectivity index (χ0v) is 43.3. The van der Waals surface area contributed by atoms with Gasteiger partial charge in [0.2, 0.25) is 0 Å². The first-order valence-corrected chi connectivity index (χ1v) is 24.6. The summed E-state index contributed by atoms with van der Waals surface area (Å²) in [5.41, 5.74) is 16.6. The molecule has 0 fully saturated rings. The van der Waals surface area contributed by atoms with Crippen molar-refractivity contribution in [1.29, 1.82) is 0 Å². The zero-order valence-electron chi connectivity index (χ0n) is 39.6. The van der Waals surface area contributed by atoms with Gasteiger partial charge in [-0.15, -0.1) is 0 Å². The Morgan fingerprint density at radius 2 is 0.887 bits per heavy atom. The quantitative estimate of drug-likeness (QED) is 0.0708. The van der Waals surface area contributed by atoms with E-state index >= 15 is 0 Å². The molecule has 0 saturated heterocycles. The average molecular weight is 885 g/mol. The number of benzene rings is 4. The van der Waals surface area contributed by atoms with Crippen molar-refractivity contribution in [3.63, 3.8) is 0 Å². The summed E-state index contributed by atoms with van der Waals surface area (Å²) in [4.78, 5) is -0.779. The van der Waals surface area contributed by atoms with Gasteiger partial charge in [0.05, 0.1) is 11.6 Å². The van der Waals surface area contributed by atoms with Crippen LogP contribution in [0.4, 0.5) is 0 Å². The van der Waals surface area contributed by atoms with Crippen LogP contribution in [-0.2, 0) is 33.1 Å². The van der Waals surface area contributed by atoms with Crippen LogP contribution >= 0.6 is 0 Å². The third kappa shape index (κ3) is 11.5. The Kier molecular flexibility index (Phi) is 16.8. The van der Waals surface area contributed by atoms with Crippen LogP contribution in [0.15, 0.2) is 89.4 Å². The molecule has 0 radical (unpaired) electrons. The summed E-state index contributed by atoms with van der Waals surface area (Å²) in [6.07, 6.45) is 4.47. The number of rotatable bonds is 14. The van der Waals surface area contributed by atoms with Gasteiger partial charge in [0, 0.05) is 23.3 Å². The molecule has 1 aliphatic carbocycles. The molecular weight excluding hydrogens is 820 g/mol. The van der Waals surface area contributed by atoms with E-state index in [4.69, 9.17) is 0 Å². The van der Waals surface area contributed by atoms with E-state index in [0.717, 1.165) is 28.3 Å². The Labute approximate surface area is 396 Å². The van der Waals surface area contributed by atoms with Gasteiger partial charge in [-0.3, -0.25) is 0 Å². The fraction of sp³-hybridized carbons (Fsp3) is 0.415. The maximum Gasteiger partial charge on any atom is 1.00 e. The van der Waals surface area contributed by atoms with Gasteiger partial charge in [-0.1, -0.05) is 119 Å². The average Bonchev–Trinajstić information content (AvgIpc) is 3.15. The predicted octanol–water partition coefficient (Wildman–Crippen LogP) is 10.1. The van der Waals surface area contributed by atoms with Gasteiger partial charge in [-0.05, 0) is 153 Å². The molecule has 0 saturated carbocycles. The Balaban J connectivity index is 0.00000845. The molecule has 4 aromatic carbocycles. The largest absolute Gasteiger partial charge is 1.00 e. The van der Waals surface area contributed by atoms with Gasteiger partial charge in [0.25, 0.3) is 0 Å². The summed E-state index contributed by atoms with van der Waals surface area (Å²) in [7, 11) is -10.3. The van der Waals surface area contributed by atoms with Crippen LogP contribution in [-0.4, -0.2) is 25.9 Å². The topological polar surface area (TPSA) is 114 Å². The van der Waals surface area contributed by atoms with Crippen LogP contribution in [0.25, 0.3) is 5.57 Å². The predicted molar refractivity (Wildman–Crippen MR) is 251 cm³/mol. The fourth-order valence-electron chi connectivity index (χ4n) is 8.65. The first-order chi connectivity index (χ1) is 28.3. The van der Waals surface area contributed by atoms with E-state index in [9.17, 15) is 25.9 Å². The van der Waals surface area contributed by atoms with Gasteiger partial charge >= 0.3 is 29.6 Å². The Morgan fingerprint density at radius 1 is 0.532 bits per heavy atom. The maximum absolute atomic E-state index is 13.0. The van der Waals surface area contributed by atoms with Gasteiger partial charge in [0.1, 0.15) is 10.5 Å². The summed E-state index contributed by atoms with van der Waals surface area (Å²) >= 11 is 0. The van der Waals surface area contributed by atoms with E-state index in [-0.39, 0.29) is 35.1 Å². The monoisotopic (exact) mass is 884 g/mol. The minimum atomic E-state index is -5.24. The van der Waals surface area contributed by atoms with E-state index in [1.807, 2.05) is 38.1 Å². The van der Waals surface area contributed by atoms with E-state index in [1.54, 1.807) is 0 Å². The van der Waals surface area contributed by atoms with E-state index in [0.29, 0.717) is 71.1 Å². The summed E-state index contributed by atoms with van der Waals surface area (Å²) < 4.78 is 75.2. The molecule has 0 spiro atoms. The zero-order chi connectivity index (χ0) is 45.5. The molecule has 0 aliphatic heterocycles. The molecule has 0 unspecified atom stereocenters. The van der Waals surface area contributed by atoms with E-state index < -0.39 is 30.4 Å². The molecule has 0 bridgehead atoms. The summed E-state index contributed by atoms with van der Waals surface area (Å²) in [5, 5.41) is -0.760. The van der Waals surface area contributed by atoms with Crippen molar-refractivity contribution < 1.29 is 55.5 Å². The second kappa shape index (κ2) is 20.3. The number of hydrogen-bond donors (Lipinski definition) is 0. The van der Waals surface area contributed by atoms with Crippen molar-refractivity contribution in [2.45, 2.75) is 145 Å². The molecule has 5 rings (SSSR count). The standard InChI is InChI=1S/C53H66O6S2.Na/c1-30(2)42-25-46(32(5)6)50(47(26-42)33(7)8)23-38-15-17-40(21-36(38)13)53(45-20-19-44(60(54,55)56)29-52(45)61(57,58)59)41-18-16-39(37(14)22-41)24-51-48(34(9)10)27-43(31(3)4)28-49(51)35(11)12;/h15-22,25-35H,23-24H2,1-14H3,(H-,54,55,56,57,58,59);/q;+1/p-1. The van der Waals surface area contributed by atoms with Gasteiger partial charge < -0.3 is 9.11 Å². The molecule has 4 aromatic rings. The van der Waals surface area contributed by atoms with Crippen molar-refractivity contribution in [2.75, 3.05) is 0 Å². The van der Waals surface area contributed by atoms with Crippen LogP contribution in [0.5, 0.6) is 0 Å². The molecule has 0 aromatic heterocycles. The fourth-order valence-corrected chi connectivity index (χ4v) is 9.93. The van der Waals surface area contributed by atoms with E-state index in [2.05, 4.69) is 119 Å². The molecule has 0 N–H and O–H groups in total. The number of hydrogen-bond acceptors (Lipinski definition) is 6. The number of aryl methyl sites for hydroxylation is 2. The molecule has 1 aliphatic rings. The molecule has 0 heterocycles. The summed E-state index contributed by atoms with van der Waals surface area (Å²) in [6.45, 7) is 30.8. The summed E-state index contributed by atoms with van der Waals surface area (Å²) in [6, 6.07) is 21.5. The second-order valence-corrected chi connectivity index (χ2v) is 21.6. The molecular formula is C53H65NaO6S2. The van der Waals surface area contributed by atoms with Crippen LogP contribution < -0.4 is 29.6 Å². The van der Waals surface area contributed by atoms with Crippen molar-refractivity contribution in [2.24, 2.45) is 0 Å². The normalized spacial score (nSPS) is 13.6.